The van der Waals surface area contributed by atoms with Crippen molar-refractivity contribution in [1.82, 2.24) is 25.5 Å². The van der Waals surface area contributed by atoms with E-state index in [1.54, 1.807) is 71.5 Å². The second kappa shape index (κ2) is 13.0. The first-order valence-corrected chi connectivity index (χ1v) is 14.2. The lowest BCUT2D eigenvalue weighted by molar-refractivity contribution is -0.133. The van der Waals surface area contributed by atoms with E-state index < -0.39 is 17.9 Å². The molecule has 206 valence electrons. The molecule has 1 aliphatic rings. The maximum atomic E-state index is 13.2. The van der Waals surface area contributed by atoms with Crippen molar-refractivity contribution in [2.45, 2.75) is 35.6 Å². The molecular formula is C29H28ClN5O4S. The number of furan rings is 1. The number of benzene rings is 1. The molecule has 4 heterocycles. The number of nitrogens with one attached hydrogen (secondary N) is 2. The fraction of sp³-hybridized carbons (Fsp3) is 0.276. The third-order valence-corrected chi connectivity index (χ3v) is 8.12. The maximum Gasteiger partial charge on any atom is 0.287 e. The van der Waals surface area contributed by atoms with Gasteiger partial charge in [0, 0.05) is 53.3 Å². The van der Waals surface area contributed by atoms with E-state index in [9.17, 15) is 14.4 Å². The minimum atomic E-state index is -0.965. The Morgan fingerprint density at radius 3 is 2.52 bits per heavy atom. The number of fused-ring (bicyclic) bond motifs is 1. The highest BCUT2D eigenvalue weighted by atomic mass is 35.5. The molecule has 0 bridgehead atoms. The summed E-state index contributed by atoms with van der Waals surface area (Å²) < 4.78 is 5.65. The second-order valence-electron chi connectivity index (χ2n) is 9.43. The SMILES string of the molecule is O=C(N[C@@H](Cc1ccccn1)C(=O)NCC(=O)N1CCC(Sc2ccccn2)CC1)c1cc2cc(Cl)ccc2o1. The van der Waals surface area contributed by atoms with Crippen LogP contribution in [0.3, 0.4) is 0 Å². The summed E-state index contributed by atoms with van der Waals surface area (Å²) in [6.45, 7) is 1.07. The van der Waals surface area contributed by atoms with Crippen molar-refractivity contribution in [3.05, 3.63) is 89.5 Å². The third kappa shape index (κ3) is 7.19. The first-order valence-electron chi connectivity index (χ1n) is 13.0. The molecule has 0 unspecified atom stereocenters. The highest BCUT2D eigenvalue weighted by molar-refractivity contribution is 7.99. The van der Waals surface area contributed by atoms with Gasteiger partial charge in [-0.3, -0.25) is 19.4 Å². The van der Waals surface area contributed by atoms with E-state index in [-0.39, 0.29) is 24.6 Å². The first-order chi connectivity index (χ1) is 19.4. The van der Waals surface area contributed by atoms with Gasteiger partial charge >= 0.3 is 0 Å². The molecule has 4 aromatic rings. The fourth-order valence-corrected chi connectivity index (χ4v) is 5.75. The minimum Gasteiger partial charge on any atom is -0.451 e. The number of nitrogens with zero attached hydrogens (tertiary/aromatic N) is 3. The van der Waals surface area contributed by atoms with Gasteiger partial charge in [0.2, 0.25) is 11.8 Å². The molecular weight excluding hydrogens is 550 g/mol. The van der Waals surface area contributed by atoms with Crippen LogP contribution in [0.4, 0.5) is 0 Å². The van der Waals surface area contributed by atoms with Gasteiger partial charge in [-0.1, -0.05) is 23.7 Å². The van der Waals surface area contributed by atoms with Crippen LogP contribution >= 0.6 is 23.4 Å². The lowest BCUT2D eigenvalue weighted by atomic mass is 10.1. The maximum absolute atomic E-state index is 13.2. The molecule has 0 saturated carbocycles. The van der Waals surface area contributed by atoms with Crippen LogP contribution in [0.2, 0.25) is 5.02 Å². The van der Waals surface area contributed by atoms with E-state index in [0.29, 0.717) is 40.0 Å². The Morgan fingerprint density at radius 2 is 1.80 bits per heavy atom. The van der Waals surface area contributed by atoms with Crippen LogP contribution in [0.5, 0.6) is 0 Å². The van der Waals surface area contributed by atoms with Crippen LogP contribution in [0.1, 0.15) is 29.1 Å². The molecule has 2 N–H and O–H groups in total. The predicted octanol–water partition coefficient (Wildman–Crippen LogP) is 4.12. The van der Waals surface area contributed by atoms with E-state index in [2.05, 4.69) is 20.6 Å². The Kier molecular flexibility index (Phi) is 8.98. The summed E-state index contributed by atoms with van der Waals surface area (Å²) in [5.74, 6) is -1.14. The summed E-state index contributed by atoms with van der Waals surface area (Å²) >= 11 is 7.77. The van der Waals surface area contributed by atoms with Crippen LogP contribution in [-0.4, -0.2) is 63.5 Å². The third-order valence-electron chi connectivity index (χ3n) is 6.60. The summed E-state index contributed by atoms with van der Waals surface area (Å²) in [6, 6.07) is 16.8. The summed E-state index contributed by atoms with van der Waals surface area (Å²) in [5, 5.41) is 8.01. The molecule has 9 nitrogen and oxygen atoms in total. The fourth-order valence-electron chi connectivity index (χ4n) is 4.50. The van der Waals surface area contributed by atoms with Crippen molar-refractivity contribution in [2.24, 2.45) is 0 Å². The highest BCUT2D eigenvalue weighted by Gasteiger charge is 2.27. The zero-order valence-electron chi connectivity index (χ0n) is 21.6. The lowest BCUT2D eigenvalue weighted by Gasteiger charge is -2.31. The predicted molar refractivity (Wildman–Crippen MR) is 153 cm³/mol. The number of rotatable bonds is 9. The van der Waals surface area contributed by atoms with Gasteiger partial charge in [-0.2, -0.15) is 0 Å². The van der Waals surface area contributed by atoms with Crippen LogP contribution < -0.4 is 10.6 Å². The van der Waals surface area contributed by atoms with Crippen molar-refractivity contribution in [1.29, 1.82) is 0 Å². The molecule has 1 atom stereocenters. The van der Waals surface area contributed by atoms with Crippen molar-refractivity contribution < 1.29 is 18.8 Å². The van der Waals surface area contributed by atoms with Gasteiger partial charge in [0.25, 0.3) is 5.91 Å². The van der Waals surface area contributed by atoms with Gasteiger partial charge in [-0.25, -0.2) is 4.98 Å². The van der Waals surface area contributed by atoms with Crippen LogP contribution in [0.25, 0.3) is 11.0 Å². The number of carbonyl (C=O) groups is 3. The molecule has 0 radical (unpaired) electrons. The van der Waals surface area contributed by atoms with Gasteiger partial charge < -0.3 is 20.0 Å². The van der Waals surface area contributed by atoms with E-state index in [0.717, 1.165) is 17.9 Å². The van der Waals surface area contributed by atoms with Crippen LogP contribution in [-0.2, 0) is 16.0 Å². The molecule has 11 heteroatoms. The zero-order valence-corrected chi connectivity index (χ0v) is 23.2. The van der Waals surface area contributed by atoms with Gasteiger partial charge in [0.05, 0.1) is 11.6 Å². The smallest absolute Gasteiger partial charge is 0.287 e. The number of thioether (sulfide) groups is 1. The molecule has 1 aliphatic heterocycles. The van der Waals surface area contributed by atoms with Crippen molar-refractivity contribution in [3.63, 3.8) is 0 Å². The minimum absolute atomic E-state index is 0.0543. The molecule has 1 saturated heterocycles. The van der Waals surface area contributed by atoms with Crippen molar-refractivity contribution in [3.8, 4) is 0 Å². The number of hydrogen-bond acceptors (Lipinski definition) is 7. The highest BCUT2D eigenvalue weighted by Crippen LogP contribution is 2.29. The lowest BCUT2D eigenvalue weighted by Crippen LogP contribution is -2.51. The Bertz CT molecular complexity index is 1480. The Morgan fingerprint density at radius 1 is 1.02 bits per heavy atom. The van der Waals surface area contributed by atoms with E-state index in [4.69, 9.17) is 16.0 Å². The van der Waals surface area contributed by atoms with Crippen LogP contribution in [0.15, 0.2) is 82.5 Å². The van der Waals surface area contributed by atoms with Gasteiger partial charge in [-0.05, 0) is 61.4 Å². The summed E-state index contributed by atoms with van der Waals surface area (Å²) in [4.78, 5) is 49.5. The van der Waals surface area contributed by atoms with Gasteiger partial charge in [-0.15, -0.1) is 11.8 Å². The van der Waals surface area contributed by atoms with Gasteiger partial charge in [0.15, 0.2) is 5.76 Å². The largest absolute Gasteiger partial charge is 0.451 e. The number of pyridine rings is 2. The molecule has 3 aromatic heterocycles. The number of hydrogen-bond donors (Lipinski definition) is 2. The molecule has 5 rings (SSSR count). The van der Waals surface area contributed by atoms with Crippen molar-refractivity contribution >= 4 is 52.1 Å². The molecule has 1 fully saturated rings. The molecule has 0 spiro atoms. The van der Waals surface area contributed by atoms with E-state index >= 15 is 0 Å². The monoisotopic (exact) mass is 577 g/mol. The Labute approximate surface area is 240 Å². The number of piperidine rings is 1. The van der Waals surface area contributed by atoms with Crippen LogP contribution in [0, 0.1) is 0 Å². The van der Waals surface area contributed by atoms with E-state index in [1.807, 2.05) is 18.2 Å². The number of amides is 3. The zero-order chi connectivity index (χ0) is 27.9. The summed E-state index contributed by atoms with van der Waals surface area (Å²) in [5.41, 5.74) is 1.13. The Hall–Kier alpha value is -3.89. The molecule has 40 heavy (non-hydrogen) atoms. The summed E-state index contributed by atoms with van der Waals surface area (Å²) in [6.07, 6.45) is 5.24. The molecule has 1 aromatic carbocycles. The molecule has 3 amide bonds. The summed E-state index contributed by atoms with van der Waals surface area (Å²) in [7, 11) is 0. The number of aromatic nitrogens is 2. The standard InChI is InChI=1S/C29H28ClN5O4S/c30-20-7-8-24-19(15-20)16-25(39-24)29(38)34-23(17-21-5-1-3-11-31-21)28(37)33-18-27(36)35-13-9-22(10-14-35)40-26-6-2-4-12-32-26/h1-8,11-12,15-16,22-23H,9-10,13-14,17-18H2,(H,33,37)(H,34,38)/t23-/m0/s1. The van der Waals surface area contributed by atoms with Crippen molar-refractivity contribution in [2.75, 3.05) is 19.6 Å². The molecule has 0 aliphatic carbocycles. The number of halogens is 1. The number of carbonyl (C=O) groups excluding carboxylic acids is 3. The normalized spacial score (nSPS) is 14.6. The average molecular weight is 578 g/mol. The Balaban J connectivity index is 1.18. The average Bonchev–Trinajstić information content (AvgIpc) is 3.40. The quantitative estimate of drug-likeness (QED) is 0.307. The first kappa shape index (κ1) is 27.7. The van der Waals surface area contributed by atoms with E-state index in [1.165, 1.54) is 0 Å². The van der Waals surface area contributed by atoms with Gasteiger partial charge in [0.1, 0.15) is 11.6 Å². The number of likely N-dealkylation sites (tertiary alicyclic amines) is 1. The second-order valence-corrected chi connectivity index (χ2v) is 11.2. The topological polar surface area (TPSA) is 117 Å².